The van der Waals surface area contributed by atoms with Crippen molar-refractivity contribution in [2.75, 3.05) is 7.11 Å². The number of carbonyl (C=O) groups is 1. The summed E-state index contributed by atoms with van der Waals surface area (Å²) in [5.41, 5.74) is 3.15. The second-order valence-corrected chi connectivity index (χ2v) is 5.56. The van der Waals surface area contributed by atoms with E-state index in [4.69, 9.17) is 4.74 Å². The molecule has 1 fully saturated rings. The van der Waals surface area contributed by atoms with Crippen LogP contribution in [0.4, 0.5) is 0 Å². The van der Waals surface area contributed by atoms with Crippen LogP contribution >= 0.6 is 0 Å². The van der Waals surface area contributed by atoms with E-state index in [1.165, 1.54) is 38.5 Å². The van der Waals surface area contributed by atoms with Crippen LogP contribution in [0.15, 0.2) is 29.4 Å². The van der Waals surface area contributed by atoms with Crippen LogP contribution < -0.4 is 10.2 Å². The summed E-state index contributed by atoms with van der Waals surface area (Å²) in [7, 11) is 1.60. The number of hydrogen-bond acceptors (Lipinski definition) is 3. The quantitative estimate of drug-likeness (QED) is 0.640. The largest absolute Gasteiger partial charge is 0.497 e. The Hall–Kier alpha value is -1.84. The van der Waals surface area contributed by atoms with Gasteiger partial charge in [0.15, 0.2) is 0 Å². The van der Waals surface area contributed by atoms with Gasteiger partial charge in [-0.2, -0.15) is 5.10 Å². The summed E-state index contributed by atoms with van der Waals surface area (Å²) in [6, 6.07) is 6.99. The van der Waals surface area contributed by atoms with E-state index >= 15 is 0 Å². The van der Waals surface area contributed by atoms with Gasteiger partial charge in [0.1, 0.15) is 5.75 Å². The number of amides is 1. The molecule has 0 aliphatic heterocycles. The fourth-order valence-electron chi connectivity index (χ4n) is 2.76. The van der Waals surface area contributed by atoms with Crippen molar-refractivity contribution in [1.29, 1.82) is 0 Å². The first kappa shape index (κ1) is 15.5. The molecule has 1 N–H and O–H groups in total. The average molecular weight is 288 g/mol. The molecule has 1 aromatic carbocycles. The first-order valence-corrected chi connectivity index (χ1v) is 7.75. The Morgan fingerprint density at radius 2 is 2.00 bits per heavy atom. The molecule has 1 aliphatic carbocycles. The minimum Gasteiger partial charge on any atom is -0.497 e. The first-order chi connectivity index (χ1) is 10.3. The molecule has 4 heteroatoms. The number of benzene rings is 1. The van der Waals surface area contributed by atoms with Gasteiger partial charge in [0.05, 0.1) is 7.11 Å². The smallest absolute Gasteiger partial charge is 0.271 e. The normalized spacial score (nSPS) is 16.0. The van der Waals surface area contributed by atoms with E-state index in [1.807, 2.05) is 6.21 Å². The Morgan fingerprint density at radius 3 is 2.67 bits per heavy atom. The van der Waals surface area contributed by atoms with Crippen molar-refractivity contribution in [3.63, 3.8) is 0 Å². The number of nitrogens with one attached hydrogen (secondary N) is 1. The molecule has 21 heavy (non-hydrogen) atoms. The summed E-state index contributed by atoms with van der Waals surface area (Å²) < 4.78 is 5.06. The van der Waals surface area contributed by atoms with Crippen LogP contribution in [0.3, 0.4) is 0 Å². The molecule has 1 aromatic rings. The molecule has 2 rings (SSSR count). The van der Waals surface area contributed by atoms with Gasteiger partial charge in [-0.05, 0) is 43.0 Å². The van der Waals surface area contributed by atoms with Crippen molar-refractivity contribution in [3.05, 3.63) is 29.8 Å². The molecular weight excluding hydrogens is 264 g/mol. The van der Waals surface area contributed by atoms with Gasteiger partial charge in [0, 0.05) is 11.8 Å². The van der Waals surface area contributed by atoms with E-state index in [0.29, 0.717) is 5.56 Å². The van der Waals surface area contributed by atoms with Crippen molar-refractivity contribution in [3.8, 4) is 5.75 Å². The Labute approximate surface area is 126 Å². The first-order valence-electron chi connectivity index (χ1n) is 7.75. The molecule has 0 bridgehead atoms. The highest BCUT2D eigenvalue weighted by atomic mass is 16.5. The number of carbonyl (C=O) groups excluding carboxylic acids is 1. The fourth-order valence-corrected chi connectivity index (χ4v) is 2.76. The Balaban J connectivity index is 1.68. The highest BCUT2D eigenvalue weighted by Crippen LogP contribution is 2.26. The lowest BCUT2D eigenvalue weighted by atomic mass is 9.86. The van der Waals surface area contributed by atoms with E-state index in [0.717, 1.165) is 18.1 Å². The maximum atomic E-state index is 11.8. The van der Waals surface area contributed by atoms with Crippen LogP contribution in [-0.4, -0.2) is 19.2 Å². The molecule has 0 saturated heterocycles. The predicted molar refractivity (Wildman–Crippen MR) is 84.8 cm³/mol. The maximum Gasteiger partial charge on any atom is 0.271 e. The topological polar surface area (TPSA) is 50.7 Å². The van der Waals surface area contributed by atoms with Crippen molar-refractivity contribution in [1.82, 2.24) is 5.43 Å². The van der Waals surface area contributed by atoms with Crippen molar-refractivity contribution in [2.24, 2.45) is 11.0 Å². The van der Waals surface area contributed by atoms with Crippen LogP contribution in [0.5, 0.6) is 5.75 Å². The van der Waals surface area contributed by atoms with Gasteiger partial charge < -0.3 is 4.74 Å². The van der Waals surface area contributed by atoms with Gasteiger partial charge in [-0.15, -0.1) is 0 Å². The number of hydrogen-bond donors (Lipinski definition) is 1. The van der Waals surface area contributed by atoms with E-state index < -0.39 is 0 Å². The molecule has 0 radical (unpaired) electrons. The molecule has 114 valence electrons. The van der Waals surface area contributed by atoms with Crippen LogP contribution in [0.25, 0.3) is 0 Å². The highest BCUT2D eigenvalue weighted by molar-refractivity contribution is 5.94. The monoisotopic (exact) mass is 288 g/mol. The summed E-state index contributed by atoms with van der Waals surface area (Å²) in [4.78, 5) is 11.8. The van der Waals surface area contributed by atoms with Gasteiger partial charge in [0.25, 0.3) is 5.91 Å². The third kappa shape index (κ3) is 5.21. The number of ether oxygens (including phenoxy) is 1. The summed E-state index contributed by atoms with van der Waals surface area (Å²) in [6.45, 7) is 0. The zero-order valence-electron chi connectivity index (χ0n) is 12.7. The van der Waals surface area contributed by atoms with Crippen molar-refractivity contribution < 1.29 is 9.53 Å². The molecule has 0 aromatic heterocycles. The number of rotatable bonds is 6. The van der Waals surface area contributed by atoms with Crippen LogP contribution in [-0.2, 0) is 0 Å². The summed E-state index contributed by atoms with van der Waals surface area (Å²) >= 11 is 0. The van der Waals surface area contributed by atoms with Crippen LogP contribution in [0.1, 0.15) is 55.3 Å². The second-order valence-electron chi connectivity index (χ2n) is 5.56. The average Bonchev–Trinajstić information content (AvgIpc) is 2.55. The number of nitrogens with zero attached hydrogens (tertiary/aromatic N) is 1. The van der Waals surface area contributed by atoms with Gasteiger partial charge >= 0.3 is 0 Å². The molecule has 0 heterocycles. The highest BCUT2D eigenvalue weighted by Gasteiger charge is 2.12. The third-order valence-electron chi connectivity index (χ3n) is 4.04. The molecule has 1 amide bonds. The summed E-state index contributed by atoms with van der Waals surface area (Å²) in [5, 5.41) is 4.02. The zero-order chi connectivity index (χ0) is 14.9. The van der Waals surface area contributed by atoms with Gasteiger partial charge in [-0.3, -0.25) is 4.79 Å². The zero-order valence-corrected chi connectivity index (χ0v) is 12.7. The van der Waals surface area contributed by atoms with Gasteiger partial charge in [-0.1, -0.05) is 32.1 Å². The molecular formula is C17H24N2O2. The SMILES string of the molecule is COc1ccc(C(=O)N/N=C/CCC2CCCCC2)cc1. The molecule has 4 nitrogen and oxygen atoms in total. The molecule has 0 spiro atoms. The number of methoxy groups -OCH3 is 1. The fraction of sp³-hybridized carbons (Fsp3) is 0.529. The second kappa shape index (κ2) is 8.45. The standard InChI is InChI=1S/C17H24N2O2/c1-21-16-11-9-15(10-12-16)17(20)19-18-13-5-8-14-6-3-2-4-7-14/h9-14H,2-8H2,1H3,(H,19,20)/b18-13+. The van der Waals surface area contributed by atoms with Crippen LogP contribution in [0.2, 0.25) is 0 Å². The minimum absolute atomic E-state index is 0.188. The lowest BCUT2D eigenvalue weighted by Gasteiger charge is -2.20. The van der Waals surface area contributed by atoms with Gasteiger partial charge in [-0.25, -0.2) is 5.43 Å². The molecule has 0 atom stereocenters. The Kier molecular flexibility index (Phi) is 6.25. The van der Waals surface area contributed by atoms with E-state index in [-0.39, 0.29) is 5.91 Å². The van der Waals surface area contributed by atoms with E-state index in [1.54, 1.807) is 31.4 Å². The molecule has 0 unspecified atom stereocenters. The third-order valence-corrected chi connectivity index (χ3v) is 4.04. The van der Waals surface area contributed by atoms with Crippen LogP contribution in [0, 0.1) is 5.92 Å². The minimum atomic E-state index is -0.188. The lowest BCUT2D eigenvalue weighted by molar-refractivity contribution is 0.0955. The summed E-state index contributed by atoms with van der Waals surface area (Å²) in [6.07, 6.45) is 10.8. The van der Waals surface area contributed by atoms with Gasteiger partial charge in [0.2, 0.25) is 0 Å². The molecule has 1 saturated carbocycles. The Bertz CT molecular complexity index is 462. The maximum absolute atomic E-state index is 11.8. The molecule has 1 aliphatic rings. The van der Waals surface area contributed by atoms with E-state index in [9.17, 15) is 4.79 Å². The van der Waals surface area contributed by atoms with Crippen molar-refractivity contribution in [2.45, 2.75) is 44.9 Å². The lowest BCUT2D eigenvalue weighted by Crippen LogP contribution is -2.17. The Morgan fingerprint density at radius 1 is 1.29 bits per heavy atom. The van der Waals surface area contributed by atoms with Crippen molar-refractivity contribution >= 4 is 12.1 Å². The van der Waals surface area contributed by atoms with E-state index in [2.05, 4.69) is 10.5 Å². The summed E-state index contributed by atoms with van der Waals surface area (Å²) in [5.74, 6) is 1.40. The predicted octanol–water partition coefficient (Wildman–Crippen LogP) is 3.77. The number of hydrazone groups is 1.